The Labute approximate surface area is 189 Å². The molecular formula is C22H16BrN7O2. The summed E-state index contributed by atoms with van der Waals surface area (Å²) in [6.45, 7) is 1.79. The number of nitrogens with one attached hydrogen (secondary N) is 2. The second kappa shape index (κ2) is 7.89. The minimum atomic E-state index is -0.358. The van der Waals surface area contributed by atoms with Crippen molar-refractivity contribution in [3.05, 3.63) is 92.9 Å². The zero-order chi connectivity index (χ0) is 22.2. The van der Waals surface area contributed by atoms with Crippen molar-refractivity contribution in [3.63, 3.8) is 0 Å². The highest BCUT2D eigenvalue weighted by molar-refractivity contribution is 9.10. The van der Waals surface area contributed by atoms with Crippen molar-refractivity contribution >= 4 is 38.7 Å². The second-order valence-corrected chi connectivity index (χ2v) is 7.89. The fourth-order valence-electron chi connectivity index (χ4n) is 3.34. The average Bonchev–Trinajstić information content (AvgIpc) is 3.38. The molecule has 2 N–H and O–H groups in total. The van der Waals surface area contributed by atoms with E-state index in [0.29, 0.717) is 32.6 Å². The Morgan fingerprint density at radius 3 is 2.59 bits per heavy atom. The number of aryl methyl sites for hydroxylation is 1. The quantitative estimate of drug-likeness (QED) is 0.400. The van der Waals surface area contributed by atoms with Crippen LogP contribution >= 0.6 is 15.9 Å². The smallest absolute Gasteiger partial charge is 0.263 e. The third-order valence-corrected chi connectivity index (χ3v) is 5.51. The van der Waals surface area contributed by atoms with Crippen LogP contribution in [0.4, 0.5) is 5.82 Å². The number of carbonyl (C=O) groups excluding carboxylic acids is 1. The highest BCUT2D eigenvalue weighted by Crippen LogP contribution is 2.21. The largest absolute Gasteiger partial charge is 0.306 e. The average molecular weight is 490 g/mol. The van der Waals surface area contributed by atoms with Crippen molar-refractivity contribution in [2.45, 2.75) is 6.92 Å². The maximum Gasteiger partial charge on any atom is 0.263 e. The molecule has 1 amide bonds. The minimum absolute atomic E-state index is 0.163. The number of fused-ring (bicyclic) bond motifs is 1. The summed E-state index contributed by atoms with van der Waals surface area (Å²) in [6.07, 6.45) is 1.47. The third-order valence-electron chi connectivity index (χ3n) is 4.82. The van der Waals surface area contributed by atoms with E-state index in [1.807, 2.05) is 36.4 Å². The molecule has 0 spiro atoms. The zero-order valence-corrected chi connectivity index (χ0v) is 18.4. The summed E-state index contributed by atoms with van der Waals surface area (Å²) < 4.78 is 3.65. The van der Waals surface area contributed by atoms with Gasteiger partial charge in [0.15, 0.2) is 5.65 Å². The lowest BCUT2D eigenvalue weighted by Crippen LogP contribution is -2.19. The SMILES string of the molecule is Cc1cc(NC(=O)c2ccccc2Br)n(-c2nc3c(cnn3-c3ccccc3)c(=O)[nH]2)n1. The van der Waals surface area contributed by atoms with E-state index in [-0.39, 0.29) is 17.4 Å². The summed E-state index contributed by atoms with van der Waals surface area (Å²) in [4.78, 5) is 32.9. The summed E-state index contributed by atoms with van der Waals surface area (Å²) in [6, 6.07) is 18.2. The number of anilines is 1. The number of aromatic amines is 1. The number of benzene rings is 2. The van der Waals surface area contributed by atoms with Crippen LogP contribution in [0.3, 0.4) is 0 Å². The van der Waals surface area contributed by atoms with Gasteiger partial charge in [0.25, 0.3) is 11.5 Å². The summed E-state index contributed by atoms with van der Waals surface area (Å²) in [5.74, 6) is 0.212. The van der Waals surface area contributed by atoms with Gasteiger partial charge >= 0.3 is 0 Å². The van der Waals surface area contributed by atoms with E-state index in [1.165, 1.54) is 10.9 Å². The monoisotopic (exact) mass is 489 g/mol. The molecule has 0 aliphatic heterocycles. The number of H-pyrrole nitrogens is 1. The second-order valence-electron chi connectivity index (χ2n) is 7.04. The Morgan fingerprint density at radius 2 is 1.81 bits per heavy atom. The molecule has 10 heteroatoms. The summed E-state index contributed by atoms with van der Waals surface area (Å²) in [5, 5.41) is 11.9. The number of aromatic nitrogens is 6. The Morgan fingerprint density at radius 1 is 1.06 bits per heavy atom. The molecule has 0 saturated heterocycles. The number of para-hydroxylation sites is 1. The molecule has 0 radical (unpaired) electrons. The van der Waals surface area contributed by atoms with Crippen molar-refractivity contribution in [3.8, 4) is 11.6 Å². The van der Waals surface area contributed by atoms with Gasteiger partial charge in [0.05, 0.1) is 23.1 Å². The van der Waals surface area contributed by atoms with Gasteiger partial charge in [-0.15, -0.1) is 0 Å². The highest BCUT2D eigenvalue weighted by Gasteiger charge is 2.18. The molecule has 2 aromatic carbocycles. The predicted molar refractivity (Wildman–Crippen MR) is 123 cm³/mol. The van der Waals surface area contributed by atoms with Crippen molar-refractivity contribution in [1.29, 1.82) is 0 Å². The molecule has 0 bridgehead atoms. The lowest BCUT2D eigenvalue weighted by atomic mass is 10.2. The molecule has 3 heterocycles. The molecule has 0 aliphatic rings. The normalized spacial score (nSPS) is 11.1. The Bertz CT molecular complexity index is 1520. The van der Waals surface area contributed by atoms with Crippen LogP contribution < -0.4 is 10.9 Å². The summed E-state index contributed by atoms with van der Waals surface area (Å²) in [7, 11) is 0. The molecule has 5 aromatic rings. The first-order valence-electron chi connectivity index (χ1n) is 9.67. The van der Waals surface area contributed by atoms with Crippen LogP contribution in [0, 0.1) is 6.92 Å². The Hall–Kier alpha value is -4.05. The van der Waals surface area contributed by atoms with Gasteiger partial charge in [-0.3, -0.25) is 14.6 Å². The maximum absolute atomic E-state index is 12.8. The summed E-state index contributed by atoms with van der Waals surface area (Å²) >= 11 is 3.39. The molecule has 0 aliphatic carbocycles. The number of carbonyl (C=O) groups is 1. The molecule has 0 fully saturated rings. The van der Waals surface area contributed by atoms with Crippen molar-refractivity contribution < 1.29 is 4.79 Å². The van der Waals surface area contributed by atoms with E-state index in [0.717, 1.165) is 5.69 Å². The van der Waals surface area contributed by atoms with E-state index in [9.17, 15) is 9.59 Å². The number of nitrogens with zero attached hydrogens (tertiary/aromatic N) is 5. The van der Waals surface area contributed by atoms with Crippen LogP contribution in [-0.2, 0) is 0 Å². The first kappa shape index (κ1) is 19.9. The molecule has 3 aromatic heterocycles. The van der Waals surface area contributed by atoms with Gasteiger partial charge in [-0.05, 0) is 47.1 Å². The van der Waals surface area contributed by atoms with Gasteiger partial charge in [-0.2, -0.15) is 19.9 Å². The van der Waals surface area contributed by atoms with E-state index in [4.69, 9.17) is 0 Å². The van der Waals surface area contributed by atoms with Gasteiger partial charge < -0.3 is 5.32 Å². The van der Waals surface area contributed by atoms with E-state index >= 15 is 0 Å². The van der Waals surface area contributed by atoms with Gasteiger partial charge in [0.1, 0.15) is 11.2 Å². The number of hydrogen-bond acceptors (Lipinski definition) is 5. The molecule has 0 saturated carbocycles. The number of halogens is 1. The molecular weight excluding hydrogens is 474 g/mol. The Balaban J connectivity index is 1.60. The van der Waals surface area contributed by atoms with Gasteiger partial charge in [0, 0.05) is 10.5 Å². The zero-order valence-electron chi connectivity index (χ0n) is 16.8. The van der Waals surface area contributed by atoms with Crippen molar-refractivity contribution in [1.82, 2.24) is 29.5 Å². The minimum Gasteiger partial charge on any atom is -0.306 e. The van der Waals surface area contributed by atoms with Crippen molar-refractivity contribution in [2.24, 2.45) is 0 Å². The van der Waals surface area contributed by atoms with E-state index < -0.39 is 0 Å². The molecule has 5 rings (SSSR count). The Kier molecular flexibility index (Phi) is 4.91. The molecule has 32 heavy (non-hydrogen) atoms. The number of rotatable bonds is 4. The van der Waals surface area contributed by atoms with Crippen LogP contribution in [0.1, 0.15) is 16.1 Å². The summed E-state index contributed by atoms with van der Waals surface area (Å²) in [5.41, 5.74) is 1.91. The fraction of sp³-hybridized carbons (Fsp3) is 0.0455. The van der Waals surface area contributed by atoms with Crippen LogP contribution in [0.2, 0.25) is 0 Å². The van der Waals surface area contributed by atoms with Gasteiger partial charge in [-0.1, -0.05) is 30.3 Å². The number of hydrogen-bond donors (Lipinski definition) is 2. The predicted octanol–water partition coefficient (Wildman–Crippen LogP) is 3.62. The lowest BCUT2D eigenvalue weighted by molar-refractivity contribution is 0.102. The van der Waals surface area contributed by atoms with E-state index in [1.54, 1.807) is 35.9 Å². The highest BCUT2D eigenvalue weighted by atomic mass is 79.9. The van der Waals surface area contributed by atoms with Gasteiger partial charge in [-0.25, -0.2) is 4.68 Å². The fourth-order valence-corrected chi connectivity index (χ4v) is 3.81. The van der Waals surface area contributed by atoms with Gasteiger partial charge in [0.2, 0.25) is 5.95 Å². The maximum atomic E-state index is 12.8. The van der Waals surface area contributed by atoms with Crippen LogP contribution in [0.25, 0.3) is 22.7 Å². The number of amides is 1. The van der Waals surface area contributed by atoms with Crippen molar-refractivity contribution in [2.75, 3.05) is 5.32 Å². The lowest BCUT2D eigenvalue weighted by Gasteiger charge is -2.09. The van der Waals surface area contributed by atoms with Crippen LogP contribution in [0.15, 0.2) is 76.1 Å². The standard InChI is InChI=1S/C22H16BrN7O2/c1-13-11-18(25-20(31)15-9-5-6-10-17(15)23)30(28-13)22-26-19-16(21(32)27-22)12-24-29(19)14-7-3-2-4-8-14/h2-12H,1H3,(H,25,31)(H,26,27,32). The van der Waals surface area contributed by atoms with Crippen LogP contribution in [0.5, 0.6) is 0 Å². The topological polar surface area (TPSA) is 110 Å². The molecule has 158 valence electrons. The van der Waals surface area contributed by atoms with E-state index in [2.05, 4.69) is 41.4 Å². The first-order valence-corrected chi connectivity index (χ1v) is 10.5. The van der Waals surface area contributed by atoms with Crippen LogP contribution in [-0.4, -0.2) is 35.4 Å². The molecule has 9 nitrogen and oxygen atoms in total. The third kappa shape index (κ3) is 3.50. The molecule has 0 unspecified atom stereocenters. The first-order chi connectivity index (χ1) is 15.5. The molecule has 0 atom stereocenters.